The highest BCUT2D eigenvalue weighted by atomic mass is 32.1. The molecule has 0 aliphatic heterocycles. The van der Waals surface area contributed by atoms with Gasteiger partial charge in [0.1, 0.15) is 0 Å². The number of carbonyl (C=O) groups excluding carboxylic acids is 1. The first-order valence-corrected chi connectivity index (χ1v) is 8.41. The monoisotopic (exact) mass is 303 g/mol. The average Bonchev–Trinajstić information content (AvgIpc) is 3.11. The Morgan fingerprint density at radius 1 is 1.57 bits per heavy atom. The van der Waals surface area contributed by atoms with Gasteiger partial charge in [0.05, 0.1) is 4.88 Å². The van der Waals surface area contributed by atoms with E-state index in [9.17, 15) is 4.79 Å². The van der Waals surface area contributed by atoms with E-state index in [-0.39, 0.29) is 5.91 Å². The van der Waals surface area contributed by atoms with E-state index < -0.39 is 0 Å². The van der Waals surface area contributed by atoms with Gasteiger partial charge in [-0.25, -0.2) is 0 Å². The molecule has 1 aliphatic rings. The molecule has 0 spiro atoms. The molecule has 1 aliphatic carbocycles. The fraction of sp³-hybridized carbons (Fsp3) is 0.500. The van der Waals surface area contributed by atoms with Crippen LogP contribution in [0.25, 0.3) is 0 Å². The van der Waals surface area contributed by atoms with Crippen LogP contribution in [0.3, 0.4) is 0 Å². The van der Waals surface area contributed by atoms with Crippen molar-refractivity contribution in [3.8, 4) is 0 Å². The van der Waals surface area contributed by atoms with Crippen LogP contribution in [0.5, 0.6) is 0 Å². The summed E-state index contributed by atoms with van der Waals surface area (Å²) in [7, 11) is 0. The van der Waals surface area contributed by atoms with Crippen molar-refractivity contribution in [2.24, 2.45) is 5.92 Å². The van der Waals surface area contributed by atoms with Crippen molar-refractivity contribution in [3.63, 3.8) is 0 Å². The molecule has 0 fully saturated rings. The lowest BCUT2D eigenvalue weighted by atomic mass is 9.90. The van der Waals surface area contributed by atoms with E-state index in [1.54, 1.807) is 17.5 Å². The first-order valence-electron chi connectivity index (χ1n) is 7.59. The number of nitrogens with one attached hydrogen (secondary N) is 1. The number of aromatic nitrogens is 2. The first kappa shape index (κ1) is 14.3. The topological polar surface area (TPSA) is 46.9 Å². The number of nitrogens with zero attached hydrogens (tertiary/aromatic N) is 2. The third kappa shape index (κ3) is 3.53. The number of carbonyl (C=O) groups is 1. The summed E-state index contributed by atoms with van der Waals surface area (Å²) in [4.78, 5) is 14.5. The molecule has 1 amide bonds. The lowest BCUT2D eigenvalue weighted by Crippen LogP contribution is -2.24. The summed E-state index contributed by atoms with van der Waals surface area (Å²) < 4.78 is 1.89. The van der Waals surface area contributed by atoms with Crippen molar-refractivity contribution in [2.45, 2.75) is 39.2 Å². The Balaban J connectivity index is 1.49. The van der Waals surface area contributed by atoms with E-state index in [0.717, 1.165) is 36.6 Å². The number of thiophene rings is 1. The van der Waals surface area contributed by atoms with Crippen LogP contribution >= 0.6 is 11.3 Å². The van der Waals surface area contributed by atoms with Gasteiger partial charge in [-0.15, -0.1) is 11.3 Å². The second kappa shape index (κ2) is 6.43. The lowest BCUT2D eigenvalue weighted by Gasteiger charge is -2.16. The molecule has 0 saturated heterocycles. The predicted molar refractivity (Wildman–Crippen MR) is 84.7 cm³/mol. The minimum atomic E-state index is 0.0718. The molecule has 0 saturated carbocycles. The third-order valence-electron chi connectivity index (χ3n) is 3.96. The zero-order chi connectivity index (χ0) is 14.7. The van der Waals surface area contributed by atoms with Crippen LogP contribution in [0.2, 0.25) is 0 Å². The molecule has 2 heterocycles. The number of aryl methyl sites for hydroxylation is 2. The number of hydrogen-bond donors (Lipinski definition) is 1. The third-order valence-corrected chi connectivity index (χ3v) is 5.20. The predicted octanol–water partition coefficient (Wildman–Crippen LogP) is 2.89. The Morgan fingerprint density at radius 2 is 2.48 bits per heavy atom. The fourth-order valence-corrected chi connectivity index (χ4v) is 3.91. The largest absolute Gasteiger partial charge is 0.351 e. The smallest absolute Gasteiger partial charge is 0.261 e. The molecule has 1 unspecified atom stereocenters. The SMILES string of the molecule is CC1CCc2sc(C(=O)NCCCn3cccn3)cc2C1. The second-order valence-electron chi connectivity index (χ2n) is 5.79. The standard InChI is InChI=1S/C16H21N3OS/c1-12-4-5-14-13(10-12)11-15(21-14)16(20)17-6-2-8-19-9-3-7-18-19/h3,7,9,11-12H,2,4-6,8,10H2,1H3,(H,17,20). The van der Waals surface area contributed by atoms with Crippen molar-refractivity contribution in [1.29, 1.82) is 0 Å². The molecule has 0 aromatic carbocycles. The summed E-state index contributed by atoms with van der Waals surface area (Å²) in [5.41, 5.74) is 1.39. The van der Waals surface area contributed by atoms with Gasteiger partial charge >= 0.3 is 0 Å². The van der Waals surface area contributed by atoms with Gasteiger partial charge in [0.2, 0.25) is 0 Å². The van der Waals surface area contributed by atoms with Crippen molar-refractivity contribution in [1.82, 2.24) is 15.1 Å². The van der Waals surface area contributed by atoms with E-state index in [2.05, 4.69) is 23.4 Å². The van der Waals surface area contributed by atoms with Gasteiger partial charge in [-0.05, 0) is 49.3 Å². The molecule has 0 radical (unpaired) electrons. The first-order chi connectivity index (χ1) is 10.2. The molecule has 1 atom stereocenters. The highest BCUT2D eigenvalue weighted by molar-refractivity contribution is 7.14. The van der Waals surface area contributed by atoms with Crippen LogP contribution in [-0.2, 0) is 19.4 Å². The molecular weight excluding hydrogens is 282 g/mol. The number of rotatable bonds is 5. The molecular formula is C16H21N3OS. The van der Waals surface area contributed by atoms with E-state index in [1.165, 1.54) is 16.9 Å². The highest BCUT2D eigenvalue weighted by Crippen LogP contribution is 2.32. The fourth-order valence-electron chi connectivity index (χ4n) is 2.78. The van der Waals surface area contributed by atoms with Crippen molar-refractivity contribution in [2.75, 3.05) is 6.54 Å². The molecule has 112 valence electrons. The Hall–Kier alpha value is -1.62. The summed E-state index contributed by atoms with van der Waals surface area (Å²) in [6.07, 6.45) is 8.12. The van der Waals surface area contributed by atoms with Crippen molar-refractivity contribution < 1.29 is 4.79 Å². The zero-order valence-electron chi connectivity index (χ0n) is 12.3. The maximum absolute atomic E-state index is 12.2. The Bertz CT molecular complexity index is 603. The summed E-state index contributed by atoms with van der Waals surface area (Å²) in [5, 5.41) is 7.16. The highest BCUT2D eigenvalue weighted by Gasteiger charge is 2.20. The van der Waals surface area contributed by atoms with Gasteiger partial charge < -0.3 is 5.32 Å². The summed E-state index contributed by atoms with van der Waals surface area (Å²) in [6, 6.07) is 4.01. The Labute approximate surface area is 129 Å². The van der Waals surface area contributed by atoms with Crippen LogP contribution in [0.4, 0.5) is 0 Å². The van der Waals surface area contributed by atoms with Crippen LogP contribution in [0, 0.1) is 5.92 Å². The van der Waals surface area contributed by atoms with Crippen LogP contribution in [-0.4, -0.2) is 22.2 Å². The second-order valence-corrected chi connectivity index (χ2v) is 6.92. The zero-order valence-corrected chi connectivity index (χ0v) is 13.2. The van der Waals surface area contributed by atoms with Gasteiger partial charge in [-0.2, -0.15) is 5.10 Å². The van der Waals surface area contributed by atoms with Gasteiger partial charge in [0.25, 0.3) is 5.91 Å². The normalized spacial score (nSPS) is 17.5. The van der Waals surface area contributed by atoms with Crippen LogP contribution < -0.4 is 5.32 Å². The molecule has 0 bridgehead atoms. The molecule has 2 aromatic rings. The van der Waals surface area contributed by atoms with Crippen LogP contribution in [0.15, 0.2) is 24.5 Å². The van der Waals surface area contributed by atoms with E-state index in [4.69, 9.17) is 0 Å². The molecule has 2 aromatic heterocycles. The summed E-state index contributed by atoms with van der Waals surface area (Å²) in [6.45, 7) is 3.82. The Morgan fingerprint density at radius 3 is 3.29 bits per heavy atom. The van der Waals surface area contributed by atoms with E-state index in [0.29, 0.717) is 6.54 Å². The number of amides is 1. The van der Waals surface area contributed by atoms with Gasteiger partial charge in [-0.3, -0.25) is 9.48 Å². The van der Waals surface area contributed by atoms with Crippen molar-refractivity contribution >= 4 is 17.2 Å². The Kier molecular flexibility index (Phi) is 4.39. The average molecular weight is 303 g/mol. The molecule has 1 N–H and O–H groups in total. The summed E-state index contributed by atoms with van der Waals surface area (Å²) in [5.74, 6) is 0.819. The minimum absolute atomic E-state index is 0.0718. The number of hydrogen-bond acceptors (Lipinski definition) is 3. The molecule has 4 nitrogen and oxygen atoms in total. The summed E-state index contributed by atoms with van der Waals surface area (Å²) >= 11 is 1.67. The quantitative estimate of drug-likeness (QED) is 0.863. The maximum Gasteiger partial charge on any atom is 0.261 e. The molecule has 3 rings (SSSR count). The molecule has 5 heteroatoms. The van der Waals surface area contributed by atoms with Gasteiger partial charge in [0, 0.05) is 30.4 Å². The van der Waals surface area contributed by atoms with E-state index >= 15 is 0 Å². The van der Waals surface area contributed by atoms with Gasteiger partial charge in [0.15, 0.2) is 0 Å². The lowest BCUT2D eigenvalue weighted by molar-refractivity contribution is 0.0956. The van der Waals surface area contributed by atoms with Gasteiger partial charge in [-0.1, -0.05) is 6.92 Å². The number of fused-ring (bicyclic) bond motifs is 1. The van der Waals surface area contributed by atoms with Crippen molar-refractivity contribution in [3.05, 3.63) is 39.8 Å². The maximum atomic E-state index is 12.2. The van der Waals surface area contributed by atoms with Crippen LogP contribution in [0.1, 0.15) is 39.9 Å². The van der Waals surface area contributed by atoms with E-state index in [1.807, 2.05) is 16.9 Å². The minimum Gasteiger partial charge on any atom is -0.351 e. The molecule has 21 heavy (non-hydrogen) atoms.